The van der Waals surface area contributed by atoms with Crippen LogP contribution >= 0.6 is 11.6 Å². The highest BCUT2D eigenvalue weighted by Gasteiger charge is 2.11. The Labute approximate surface area is 91.3 Å². The zero-order chi connectivity index (χ0) is 10.7. The van der Waals surface area contributed by atoms with Crippen molar-refractivity contribution >= 4 is 11.6 Å². The zero-order valence-corrected chi connectivity index (χ0v) is 8.54. The molecule has 0 saturated carbocycles. The third kappa shape index (κ3) is 2.31. The van der Waals surface area contributed by atoms with Crippen molar-refractivity contribution < 1.29 is 5.11 Å². The molecule has 1 aromatic carbocycles. The minimum absolute atomic E-state index is 0.288. The van der Waals surface area contributed by atoms with Crippen LogP contribution in [0.3, 0.4) is 0 Å². The Balaban J connectivity index is 2.15. The minimum atomic E-state index is -0.706. The van der Waals surface area contributed by atoms with Crippen molar-refractivity contribution in [2.24, 2.45) is 0 Å². The van der Waals surface area contributed by atoms with Crippen LogP contribution in [0.25, 0.3) is 0 Å². The average Bonchev–Trinajstić information content (AvgIpc) is 2.71. The Kier molecular flexibility index (Phi) is 2.94. The number of rotatable bonds is 3. The van der Waals surface area contributed by atoms with Gasteiger partial charge < -0.3 is 5.11 Å². The minimum Gasteiger partial charge on any atom is -0.386 e. The van der Waals surface area contributed by atoms with Crippen LogP contribution in [-0.2, 0) is 6.54 Å². The molecule has 0 spiro atoms. The second kappa shape index (κ2) is 4.37. The first-order valence-electron chi connectivity index (χ1n) is 4.40. The van der Waals surface area contributed by atoms with Crippen LogP contribution in [0.15, 0.2) is 30.6 Å². The number of aliphatic hydroxyl groups is 1. The summed E-state index contributed by atoms with van der Waals surface area (Å²) >= 11 is 5.94. The van der Waals surface area contributed by atoms with E-state index in [-0.39, 0.29) is 6.54 Å². The van der Waals surface area contributed by atoms with Gasteiger partial charge in [-0.2, -0.15) is 0 Å². The monoisotopic (exact) mass is 224 g/mol. The summed E-state index contributed by atoms with van der Waals surface area (Å²) < 4.78 is 1.45. The van der Waals surface area contributed by atoms with Gasteiger partial charge in [0, 0.05) is 10.6 Å². The molecular weight excluding hydrogens is 216 g/mol. The van der Waals surface area contributed by atoms with E-state index in [2.05, 4.69) is 15.5 Å². The summed E-state index contributed by atoms with van der Waals surface area (Å²) in [6, 6.07) is 7.15. The fraction of sp³-hybridized carbons (Fsp3) is 0.222. The van der Waals surface area contributed by atoms with E-state index in [1.165, 1.54) is 11.0 Å². The Hall–Kier alpha value is -1.46. The smallest absolute Gasteiger partial charge is 0.138 e. The van der Waals surface area contributed by atoms with E-state index in [0.29, 0.717) is 10.6 Å². The van der Waals surface area contributed by atoms with Gasteiger partial charge >= 0.3 is 0 Å². The van der Waals surface area contributed by atoms with Crippen molar-refractivity contribution in [2.75, 3.05) is 0 Å². The first kappa shape index (κ1) is 10.1. The molecule has 1 N–H and O–H groups in total. The molecule has 0 aliphatic carbocycles. The molecule has 6 heteroatoms. The molecule has 0 bridgehead atoms. The lowest BCUT2D eigenvalue weighted by atomic mass is 10.1. The Morgan fingerprint density at radius 2 is 2.20 bits per heavy atom. The van der Waals surface area contributed by atoms with Crippen molar-refractivity contribution in [1.82, 2.24) is 20.2 Å². The number of halogens is 1. The van der Waals surface area contributed by atoms with Crippen LogP contribution < -0.4 is 0 Å². The standard InChI is InChI=1S/C9H9ClN4O/c10-8-4-2-1-3-7(8)9(15)5-14-6-11-12-13-14/h1-4,6,9,15H,5H2. The summed E-state index contributed by atoms with van der Waals surface area (Å²) in [5.74, 6) is 0. The number of hydrogen-bond acceptors (Lipinski definition) is 4. The van der Waals surface area contributed by atoms with Gasteiger partial charge in [0.1, 0.15) is 12.4 Å². The highest BCUT2D eigenvalue weighted by molar-refractivity contribution is 6.31. The second-order valence-corrected chi connectivity index (χ2v) is 3.48. The molecule has 0 saturated heterocycles. The molecule has 1 aromatic heterocycles. The molecule has 0 aliphatic heterocycles. The fourth-order valence-electron chi connectivity index (χ4n) is 1.28. The lowest BCUT2D eigenvalue weighted by Crippen LogP contribution is -2.09. The van der Waals surface area contributed by atoms with Crippen LogP contribution in [0.1, 0.15) is 11.7 Å². The quantitative estimate of drug-likeness (QED) is 0.847. The van der Waals surface area contributed by atoms with E-state index in [9.17, 15) is 5.11 Å². The van der Waals surface area contributed by atoms with Crippen LogP contribution in [0.4, 0.5) is 0 Å². The molecule has 1 atom stereocenters. The van der Waals surface area contributed by atoms with Crippen molar-refractivity contribution in [1.29, 1.82) is 0 Å². The molecule has 1 unspecified atom stereocenters. The van der Waals surface area contributed by atoms with E-state index < -0.39 is 6.10 Å². The number of benzene rings is 1. The van der Waals surface area contributed by atoms with E-state index in [4.69, 9.17) is 11.6 Å². The molecule has 0 fully saturated rings. The Morgan fingerprint density at radius 3 is 2.87 bits per heavy atom. The SMILES string of the molecule is OC(Cn1cnnn1)c1ccccc1Cl. The van der Waals surface area contributed by atoms with Gasteiger partial charge in [-0.15, -0.1) is 5.10 Å². The van der Waals surface area contributed by atoms with E-state index in [1.54, 1.807) is 12.1 Å². The summed E-state index contributed by atoms with van der Waals surface area (Å²) in [6.07, 6.45) is 0.738. The highest BCUT2D eigenvalue weighted by Crippen LogP contribution is 2.23. The Bertz CT molecular complexity index is 431. The molecule has 2 rings (SSSR count). The number of aliphatic hydroxyl groups excluding tert-OH is 1. The molecule has 78 valence electrons. The lowest BCUT2D eigenvalue weighted by molar-refractivity contribution is 0.150. The van der Waals surface area contributed by atoms with Crippen LogP contribution in [0, 0.1) is 0 Å². The van der Waals surface area contributed by atoms with Crippen molar-refractivity contribution in [3.05, 3.63) is 41.2 Å². The van der Waals surface area contributed by atoms with Gasteiger partial charge in [-0.3, -0.25) is 0 Å². The van der Waals surface area contributed by atoms with Gasteiger partial charge in [-0.1, -0.05) is 29.8 Å². The third-order valence-corrected chi connectivity index (χ3v) is 2.36. The molecule has 1 heterocycles. The summed E-state index contributed by atoms with van der Waals surface area (Å²) in [5, 5.41) is 21.0. The number of hydrogen-bond donors (Lipinski definition) is 1. The molecular formula is C9H9ClN4O. The molecule has 2 aromatic rings. The second-order valence-electron chi connectivity index (χ2n) is 3.07. The third-order valence-electron chi connectivity index (χ3n) is 2.02. The first-order chi connectivity index (χ1) is 7.27. The normalized spacial score (nSPS) is 12.7. The van der Waals surface area contributed by atoms with Crippen LogP contribution in [0.2, 0.25) is 5.02 Å². The number of tetrazole rings is 1. The van der Waals surface area contributed by atoms with E-state index in [1.807, 2.05) is 12.1 Å². The predicted octanol–water partition coefficient (Wildman–Crippen LogP) is 1.06. The maximum Gasteiger partial charge on any atom is 0.138 e. The largest absolute Gasteiger partial charge is 0.386 e. The van der Waals surface area contributed by atoms with Gasteiger partial charge in [-0.05, 0) is 16.5 Å². The molecule has 0 amide bonds. The summed E-state index contributed by atoms with van der Waals surface area (Å²) in [6.45, 7) is 0.288. The summed E-state index contributed by atoms with van der Waals surface area (Å²) in [7, 11) is 0. The van der Waals surface area contributed by atoms with Gasteiger partial charge in [0.25, 0.3) is 0 Å². The van der Waals surface area contributed by atoms with Gasteiger partial charge in [0.2, 0.25) is 0 Å². The summed E-state index contributed by atoms with van der Waals surface area (Å²) in [5.41, 5.74) is 0.676. The zero-order valence-electron chi connectivity index (χ0n) is 7.79. The first-order valence-corrected chi connectivity index (χ1v) is 4.78. The molecule has 15 heavy (non-hydrogen) atoms. The maximum absolute atomic E-state index is 9.87. The molecule has 0 aliphatic rings. The summed E-state index contributed by atoms with van der Waals surface area (Å²) in [4.78, 5) is 0. The number of nitrogens with zero attached hydrogens (tertiary/aromatic N) is 4. The lowest BCUT2D eigenvalue weighted by Gasteiger charge is -2.11. The van der Waals surface area contributed by atoms with Gasteiger partial charge in [0.15, 0.2) is 0 Å². The molecule has 0 radical (unpaired) electrons. The topological polar surface area (TPSA) is 63.8 Å². The molecule has 5 nitrogen and oxygen atoms in total. The van der Waals surface area contributed by atoms with E-state index in [0.717, 1.165) is 0 Å². The average molecular weight is 225 g/mol. The highest BCUT2D eigenvalue weighted by atomic mass is 35.5. The van der Waals surface area contributed by atoms with Gasteiger partial charge in [-0.25, -0.2) is 4.68 Å². The fourth-order valence-corrected chi connectivity index (χ4v) is 1.55. The predicted molar refractivity (Wildman–Crippen MR) is 54.2 cm³/mol. The van der Waals surface area contributed by atoms with Crippen molar-refractivity contribution in [3.8, 4) is 0 Å². The van der Waals surface area contributed by atoms with Gasteiger partial charge in [0.05, 0.1) is 6.54 Å². The van der Waals surface area contributed by atoms with E-state index >= 15 is 0 Å². The van der Waals surface area contributed by atoms with Crippen molar-refractivity contribution in [3.63, 3.8) is 0 Å². The number of aromatic nitrogens is 4. The van der Waals surface area contributed by atoms with Crippen molar-refractivity contribution in [2.45, 2.75) is 12.6 Å². The maximum atomic E-state index is 9.87. The van der Waals surface area contributed by atoms with Crippen LogP contribution in [-0.4, -0.2) is 25.3 Å². The van der Waals surface area contributed by atoms with Crippen LogP contribution in [0.5, 0.6) is 0 Å². The Morgan fingerprint density at radius 1 is 1.40 bits per heavy atom.